The number of nitrogens with one attached hydrogen (secondary N) is 3. The normalized spacial score (nSPS) is 11.8. The Morgan fingerprint density at radius 3 is 2.18 bits per heavy atom. The molecule has 6 aromatic rings. The summed E-state index contributed by atoms with van der Waals surface area (Å²) in [5.41, 5.74) is 3.90. The van der Waals surface area contributed by atoms with Crippen LogP contribution < -0.4 is 16.0 Å². The highest BCUT2D eigenvalue weighted by molar-refractivity contribution is 9.10. The van der Waals surface area contributed by atoms with Gasteiger partial charge in [0.05, 0.1) is 10.7 Å². The van der Waals surface area contributed by atoms with Crippen molar-refractivity contribution in [1.82, 2.24) is 10.3 Å². The Balaban J connectivity index is 1.17. The minimum absolute atomic E-state index is 0.0779. The highest BCUT2D eigenvalue weighted by Gasteiger charge is 2.24. The minimum atomic E-state index is -0.605. The minimum Gasteiger partial charge on any atom is -0.321 e. The van der Waals surface area contributed by atoms with Crippen LogP contribution in [-0.4, -0.2) is 22.7 Å². The van der Waals surface area contributed by atoms with E-state index in [1.54, 1.807) is 60.7 Å². The van der Waals surface area contributed by atoms with Gasteiger partial charge in [-0.15, -0.1) is 23.1 Å². The monoisotopic (exact) mass is 812 g/mol. The Morgan fingerprint density at radius 1 is 0.804 bits per heavy atom. The predicted octanol–water partition coefficient (Wildman–Crippen LogP) is 10.8. The molecule has 0 spiro atoms. The number of hydrogen-bond acceptors (Lipinski definition) is 6. The van der Waals surface area contributed by atoms with Crippen LogP contribution in [0.4, 0.5) is 10.8 Å². The van der Waals surface area contributed by atoms with Crippen molar-refractivity contribution >= 4 is 96.8 Å². The molecule has 1 aromatic heterocycles. The van der Waals surface area contributed by atoms with Crippen LogP contribution in [0.3, 0.4) is 0 Å². The second-order valence-corrected chi connectivity index (χ2v) is 14.8. The van der Waals surface area contributed by atoms with E-state index in [-0.39, 0.29) is 11.6 Å². The van der Waals surface area contributed by atoms with Gasteiger partial charge in [0.15, 0.2) is 5.13 Å². The molecule has 3 N–H and O–H groups in total. The van der Waals surface area contributed by atoms with Crippen LogP contribution in [0, 0.1) is 0 Å². The van der Waals surface area contributed by atoms with Gasteiger partial charge in [-0.3, -0.25) is 14.4 Å². The van der Waals surface area contributed by atoms with Gasteiger partial charge in [0.2, 0.25) is 5.91 Å². The van der Waals surface area contributed by atoms with Gasteiger partial charge < -0.3 is 16.0 Å². The number of carbonyl (C=O) groups is 3. The Morgan fingerprint density at radius 2 is 1.49 bits per heavy atom. The van der Waals surface area contributed by atoms with E-state index in [1.807, 2.05) is 78.2 Å². The maximum atomic E-state index is 13.7. The average molecular weight is 815 g/mol. The van der Waals surface area contributed by atoms with Gasteiger partial charge >= 0.3 is 0 Å². The summed E-state index contributed by atoms with van der Waals surface area (Å²) in [5, 5.41) is 11.2. The zero-order chi connectivity index (χ0) is 35.7. The number of rotatable bonds is 11. The predicted molar refractivity (Wildman–Crippen MR) is 212 cm³/mol. The number of anilines is 2. The third-order valence-corrected chi connectivity index (χ3v) is 10.5. The second kappa shape index (κ2) is 17.0. The summed E-state index contributed by atoms with van der Waals surface area (Å²) in [4.78, 5) is 45.6. The average Bonchev–Trinajstić information content (AvgIpc) is 3.60. The van der Waals surface area contributed by atoms with Crippen molar-refractivity contribution in [2.24, 2.45) is 0 Å². The lowest BCUT2D eigenvalue weighted by Gasteiger charge is -2.17. The molecule has 0 saturated heterocycles. The van der Waals surface area contributed by atoms with E-state index in [2.05, 4.69) is 36.9 Å². The van der Waals surface area contributed by atoms with Crippen molar-refractivity contribution in [3.63, 3.8) is 0 Å². The van der Waals surface area contributed by atoms with Gasteiger partial charge in [0.1, 0.15) is 10.9 Å². The van der Waals surface area contributed by atoms with E-state index < -0.39 is 17.1 Å². The molecule has 254 valence electrons. The zero-order valence-electron chi connectivity index (χ0n) is 26.5. The van der Waals surface area contributed by atoms with E-state index in [4.69, 9.17) is 23.2 Å². The van der Waals surface area contributed by atoms with E-state index >= 15 is 0 Å². The molecule has 3 amide bonds. The first-order chi connectivity index (χ1) is 24.7. The summed E-state index contributed by atoms with van der Waals surface area (Å²) in [7, 11) is 0. The van der Waals surface area contributed by atoms with Gasteiger partial charge in [0, 0.05) is 36.6 Å². The molecule has 5 aromatic carbocycles. The second-order valence-electron chi connectivity index (χ2n) is 11.0. The van der Waals surface area contributed by atoms with Crippen LogP contribution in [0.15, 0.2) is 148 Å². The van der Waals surface area contributed by atoms with Gasteiger partial charge in [-0.1, -0.05) is 99.8 Å². The highest BCUT2D eigenvalue weighted by atomic mass is 79.9. The fourth-order valence-electron chi connectivity index (χ4n) is 4.84. The van der Waals surface area contributed by atoms with E-state index in [1.165, 1.54) is 23.1 Å². The van der Waals surface area contributed by atoms with Crippen molar-refractivity contribution in [2.45, 2.75) is 10.1 Å². The van der Waals surface area contributed by atoms with Crippen molar-refractivity contribution in [1.29, 1.82) is 0 Å². The lowest BCUT2D eigenvalue weighted by atomic mass is 10.1. The zero-order valence-corrected chi connectivity index (χ0v) is 31.2. The Labute approximate surface area is 321 Å². The molecule has 0 aliphatic carbocycles. The molecular weight excluding hydrogens is 787 g/mol. The summed E-state index contributed by atoms with van der Waals surface area (Å²) in [6.07, 6.45) is 1.62. The quantitative estimate of drug-likeness (QED) is 0.0893. The third-order valence-electron chi connectivity index (χ3n) is 7.36. The summed E-state index contributed by atoms with van der Waals surface area (Å²) in [5.74, 6) is -1.15. The molecule has 1 unspecified atom stereocenters. The van der Waals surface area contributed by atoms with Crippen LogP contribution >= 0.6 is 62.2 Å². The maximum absolute atomic E-state index is 13.7. The largest absolute Gasteiger partial charge is 0.321 e. The number of thiazole rings is 1. The first-order valence-electron chi connectivity index (χ1n) is 15.4. The van der Waals surface area contributed by atoms with Crippen molar-refractivity contribution in [3.8, 4) is 11.3 Å². The van der Waals surface area contributed by atoms with Crippen LogP contribution in [0.5, 0.6) is 0 Å². The van der Waals surface area contributed by atoms with E-state index in [9.17, 15) is 14.4 Å². The number of hydrogen-bond donors (Lipinski definition) is 3. The summed E-state index contributed by atoms with van der Waals surface area (Å²) < 4.78 is 0.890. The molecule has 51 heavy (non-hydrogen) atoms. The van der Waals surface area contributed by atoms with E-state index in [0.717, 1.165) is 20.5 Å². The molecule has 6 rings (SSSR count). The van der Waals surface area contributed by atoms with Crippen molar-refractivity contribution < 1.29 is 14.4 Å². The standard InChI is InChI=1S/C39H27BrCl2N4O3S2/c40-27-13-11-24(12-14-27)21-33(44-36(47)26-9-5-2-6-10-26)37(48)43-29-16-18-30(19-17-29)51-35(25-7-3-1-4-8-25)38(49)46-39-45-34(23-50-39)31-20-15-28(41)22-32(31)42/h1-23,35H,(H,43,48)(H,44,47)(H,45,46,49)/b33-21-. The van der Waals surface area contributed by atoms with Crippen LogP contribution in [0.25, 0.3) is 17.3 Å². The van der Waals surface area contributed by atoms with Gasteiger partial charge in [-0.05, 0) is 83.9 Å². The number of nitrogens with zero attached hydrogens (tertiary/aromatic N) is 1. The fraction of sp³-hybridized carbons (Fsp3) is 0.0256. The highest BCUT2D eigenvalue weighted by Crippen LogP contribution is 2.38. The summed E-state index contributed by atoms with van der Waals surface area (Å²) in [6.45, 7) is 0. The smallest absolute Gasteiger partial charge is 0.272 e. The molecule has 0 bridgehead atoms. The number of amides is 3. The molecule has 0 fully saturated rings. The molecule has 0 saturated carbocycles. The number of carbonyl (C=O) groups excluding carboxylic acids is 3. The topological polar surface area (TPSA) is 100 Å². The van der Waals surface area contributed by atoms with Crippen LogP contribution in [0.2, 0.25) is 10.0 Å². The number of halogens is 3. The molecule has 1 heterocycles. The molecule has 1 atom stereocenters. The van der Waals surface area contributed by atoms with E-state index in [0.29, 0.717) is 37.7 Å². The molecule has 12 heteroatoms. The maximum Gasteiger partial charge on any atom is 0.272 e. The summed E-state index contributed by atoms with van der Waals surface area (Å²) >= 11 is 18.5. The number of aromatic nitrogens is 1. The molecule has 0 aliphatic heterocycles. The Kier molecular flexibility index (Phi) is 12.0. The van der Waals surface area contributed by atoms with Crippen LogP contribution in [0.1, 0.15) is 26.7 Å². The first kappa shape index (κ1) is 36.1. The Hall–Kier alpha value is -4.71. The van der Waals surface area contributed by atoms with Crippen molar-refractivity contribution in [2.75, 3.05) is 10.6 Å². The lowest BCUT2D eigenvalue weighted by Crippen LogP contribution is -2.30. The van der Waals surface area contributed by atoms with Gasteiger partial charge in [0.25, 0.3) is 11.8 Å². The molecule has 7 nitrogen and oxygen atoms in total. The fourth-order valence-corrected chi connectivity index (χ4v) is 7.35. The Bertz CT molecular complexity index is 2200. The van der Waals surface area contributed by atoms with Crippen LogP contribution in [-0.2, 0) is 9.59 Å². The van der Waals surface area contributed by atoms with Crippen molar-refractivity contribution in [3.05, 3.63) is 170 Å². The summed E-state index contributed by atoms with van der Waals surface area (Å²) in [6, 6.07) is 37.8. The van der Waals surface area contributed by atoms with Gasteiger partial charge in [-0.25, -0.2) is 4.98 Å². The number of benzene rings is 5. The molecular formula is C39H27BrCl2N4O3S2. The number of thioether (sulfide) groups is 1. The molecule has 0 aliphatic rings. The molecule has 0 radical (unpaired) electrons. The lowest BCUT2D eigenvalue weighted by molar-refractivity contribution is -0.116. The first-order valence-corrected chi connectivity index (χ1v) is 18.7. The van der Waals surface area contributed by atoms with Gasteiger partial charge in [-0.2, -0.15) is 0 Å². The SMILES string of the molecule is O=C(Nc1ccc(SC(C(=O)Nc2nc(-c3ccc(Cl)cc3Cl)cs2)c2ccccc2)cc1)/C(=C/c1ccc(Br)cc1)NC(=O)c1ccccc1. The third kappa shape index (κ3) is 9.75.